The number of rotatable bonds is 1. The molecule has 0 saturated heterocycles. The van der Waals surface area contributed by atoms with Gasteiger partial charge in [0.25, 0.3) is 5.56 Å². The number of hydrogen-bond acceptors (Lipinski definition) is 2. The Morgan fingerprint density at radius 3 is 2.50 bits per heavy atom. The van der Waals surface area contributed by atoms with E-state index >= 15 is 0 Å². The summed E-state index contributed by atoms with van der Waals surface area (Å²) < 4.78 is 1.01. The third kappa shape index (κ3) is 2.03. The summed E-state index contributed by atoms with van der Waals surface area (Å²) in [7, 11) is 0. The van der Waals surface area contributed by atoms with E-state index in [1.165, 1.54) is 0 Å². The number of nitrogens with one attached hydrogen (secondary N) is 1. The Kier molecular flexibility index (Phi) is 3.12. The van der Waals surface area contributed by atoms with Crippen LogP contribution in [0.4, 0.5) is 0 Å². The second-order valence-corrected chi connectivity index (χ2v) is 5.06. The molecule has 1 aromatic heterocycles. The van der Waals surface area contributed by atoms with Gasteiger partial charge in [0.1, 0.15) is 0 Å². The molecule has 0 fully saturated rings. The molecule has 0 atom stereocenters. The Labute approximate surface area is 123 Å². The van der Waals surface area contributed by atoms with Crippen LogP contribution in [0, 0.1) is 0 Å². The summed E-state index contributed by atoms with van der Waals surface area (Å²) in [6, 6.07) is 11.4. The van der Waals surface area contributed by atoms with E-state index in [1.54, 1.807) is 42.5 Å². The molecule has 0 unspecified atom stereocenters. The van der Waals surface area contributed by atoms with Gasteiger partial charge in [-0.1, -0.05) is 35.3 Å². The molecule has 0 bridgehead atoms. The van der Waals surface area contributed by atoms with Crippen molar-refractivity contribution in [2.75, 3.05) is 0 Å². The second-order valence-electron chi connectivity index (χ2n) is 4.21. The van der Waals surface area contributed by atoms with Crippen LogP contribution in [0.1, 0.15) is 0 Å². The van der Waals surface area contributed by atoms with Crippen molar-refractivity contribution in [2.24, 2.45) is 0 Å². The Balaban J connectivity index is 2.46. The molecule has 0 aliphatic rings. The predicted molar refractivity (Wildman–Crippen MR) is 80.2 cm³/mol. The summed E-state index contributed by atoms with van der Waals surface area (Å²) in [5.74, 6) is 0. The van der Waals surface area contributed by atoms with Gasteiger partial charge in [-0.3, -0.25) is 4.79 Å². The standard InChI is InChI=1S/C14H8Cl2N2O2/c15-8-3-1-4-9(7-8)18-13(19)12-10(16)5-2-6-11(12)17-14(18)20/h1-7H,(H,17,20). The lowest BCUT2D eigenvalue weighted by atomic mass is 10.2. The van der Waals surface area contributed by atoms with E-state index in [2.05, 4.69) is 4.98 Å². The molecular weight excluding hydrogens is 299 g/mol. The molecule has 1 heterocycles. The SMILES string of the molecule is O=c1[nH]c2cccc(Cl)c2c(=O)n1-c1cccc(Cl)c1. The first kappa shape index (κ1) is 13.0. The highest BCUT2D eigenvalue weighted by Gasteiger charge is 2.11. The smallest absolute Gasteiger partial charge is 0.306 e. The number of benzene rings is 2. The predicted octanol–water partition coefficient (Wildman–Crippen LogP) is 2.99. The van der Waals surface area contributed by atoms with Crippen LogP contribution in [-0.2, 0) is 0 Å². The van der Waals surface area contributed by atoms with Crippen LogP contribution in [0.5, 0.6) is 0 Å². The largest absolute Gasteiger partial charge is 0.333 e. The van der Waals surface area contributed by atoms with Crippen LogP contribution in [0.3, 0.4) is 0 Å². The van der Waals surface area contributed by atoms with Gasteiger partial charge >= 0.3 is 5.69 Å². The Hall–Kier alpha value is -2.04. The Morgan fingerprint density at radius 2 is 1.75 bits per heavy atom. The maximum Gasteiger partial charge on any atom is 0.333 e. The number of aromatic amines is 1. The van der Waals surface area contributed by atoms with Crippen molar-refractivity contribution in [3.63, 3.8) is 0 Å². The molecule has 0 aliphatic carbocycles. The van der Waals surface area contributed by atoms with Gasteiger partial charge in [0.2, 0.25) is 0 Å². The monoisotopic (exact) mass is 306 g/mol. The van der Waals surface area contributed by atoms with Crippen LogP contribution in [0.15, 0.2) is 52.1 Å². The van der Waals surface area contributed by atoms with Gasteiger partial charge in [-0.2, -0.15) is 0 Å². The van der Waals surface area contributed by atoms with Crippen molar-refractivity contribution in [2.45, 2.75) is 0 Å². The molecule has 3 rings (SSSR count). The summed E-state index contributed by atoms with van der Waals surface area (Å²) >= 11 is 11.9. The van der Waals surface area contributed by atoms with E-state index in [9.17, 15) is 9.59 Å². The number of H-pyrrole nitrogens is 1. The third-order valence-electron chi connectivity index (χ3n) is 2.94. The summed E-state index contributed by atoms with van der Waals surface area (Å²) in [5, 5.41) is 1.00. The minimum absolute atomic E-state index is 0.272. The van der Waals surface area contributed by atoms with Gasteiger partial charge < -0.3 is 4.98 Å². The molecule has 6 heteroatoms. The van der Waals surface area contributed by atoms with Crippen molar-refractivity contribution in [1.29, 1.82) is 0 Å². The molecule has 2 aromatic carbocycles. The minimum Gasteiger partial charge on any atom is -0.306 e. The topological polar surface area (TPSA) is 54.9 Å². The number of halogens is 2. The van der Waals surface area contributed by atoms with E-state index in [0.29, 0.717) is 21.2 Å². The molecule has 0 amide bonds. The van der Waals surface area contributed by atoms with Crippen molar-refractivity contribution in [3.8, 4) is 5.69 Å². The van der Waals surface area contributed by atoms with Gasteiger partial charge in [-0.15, -0.1) is 0 Å². The van der Waals surface area contributed by atoms with Crippen LogP contribution in [0.25, 0.3) is 16.6 Å². The van der Waals surface area contributed by atoms with Crippen molar-refractivity contribution in [3.05, 3.63) is 73.3 Å². The van der Waals surface area contributed by atoms with Gasteiger partial charge in [-0.05, 0) is 30.3 Å². The molecule has 0 aliphatic heterocycles. The summed E-state index contributed by atoms with van der Waals surface area (Å²) in [5.41, 5.74) is -0.208. The summed E-state index contributed by atoms with van der Waals surface area (Å²) in [4.78, 5) is 27.2. The highest BCUT2D eigenvalue weighted by Crippen LogP contribution is 2.18. The molecule has 0 spiro atoms. The van der Waals surface area contributed by atoms with Crippen molar-refractivity contribution < 1.29 is 0 Å². The molecule has 0 saturated carbocycles. The molecular formula is C14H8Cl2N2O2. The first-order valence-corrected chi connectivity index (χ1v) is 6.53. The average molecular weight is 307 g/mol. The number of aromatic nitrogens is 2. The van der Waals surface area contributed by atoms with E-state index < -0.39 is 11.2 Å². The van der Waals surface area contributed by atoms with Crippen LogP contribution >= 0.6 is 23.2 Å². The molecule has 3 aromatic rings. The fourth-order valence-corrected chi connectivity index (χ4v) is 2.51. The van der Waals surface area contributed by atoms with Crippen LogP contribution < -0.4 is 11.2 Å². The maximum absolute atomic E-state index is 12.5. The van der Waals surface area contributed by atoms with E-state index in [-0.39, 0.29) is 5.39 Å². The number of hydrogen-bond donors (Lipinski definition) is 1. The zero-order chi connectivity index (χ0) is 14.3. The van der Waals surface area contributed by atoms with Gasteiger partial charge in [0.15, 0.2) is 0 Å². The lowest BCUT2D eigenvalue weighted by Crippen LogP contribution is -2.33. The number of nitrogens with zero attached hydrogens (tertiary/aromatic N) is 1. The van der Waals surface area contributed by atoms with Gasteiger partial charge in [0, 0.05) is 5.02 Å². The zero-order valence-corrected chi connectivity index (χ0v) is 11.6. The molecule has 20 heavy (non-hydrogen) atoms. The first-order valence-electron chi connectivity index (χ1n) is 5.77. The Bertz CT molecular complexity index is 928. The summed E-state index contributed by atoms with van der Waals surface area (Å²) in [6.07, 6.45) is 0. The Morgan fingerprint density at radius 1 is 1.00 bits per heavy atom. The summed E-state index contributed by atoms with van der Waals surface area (Å²) in [6.45, 7) is 0. The molecule has 100 valence electrons. The maximum atomic E-state index is 12.5. The average Bonchev–Trinajstić information content (AvgIpc) is 2.38. The minimum atomic E-state index is -0.535. The third-order valence-corrected chi connectivity index (χ3v) is 3.49. The van der Waals surface area contributed by atoms with Crippen LogP contribution in [-0.4, -0.2) is 9.55 Å². The molecule has 1 N–H and O–H groups in total. The fourth-order valence-electron chi connectivity index (χ4n) is 2.07. The normalized spacial score (nSPS) is 10.9. The zero-order valence-electron chi connectivity index (χ0n) is 10.1. The van der Waals surface area contributed by atoms with E-state index in [4.69, 9.17) is 23.2 Å². The molecule has 0 radical (unpaired) electrons. The van der Waals surface area contributed by atoms with E-state index in [1.807, 2.05) is 0 Å². The highest BCUT2D eigenvalue weighted by atomic mass is 35.5. The quantitative estimate of drug-likeness (QED) is 0.751. The van der Waals surface area contributed by atoms with E-state index in [0.717, 1.165) is 4.57 Å². The van der Waals surface area contributed by atoms with Gasteiger partial charge in [-0.25, -0.2) is 9.36 Å². The molecule has 4 nitrogen and oxygen atoms in total. The van der Waals surface area contributed by atoms with Crippen molar-refractivity contribution in [1.82, 2.24) is 9.55 Å². The van der Waals surface area contributed by atoms with Crippen LogP contribution in [0.2, 0.25) is 10.0 Å². The lowest BCUT2D eigenvalue weighted by molar-refractivity contribution is 0.901. The fraction of sp³-hybridized carbons (Fsp3) is 0. The highest BCUT2D eigenvalue weighted by molar-refractivity contribution is 6.35. The van der Waals surface area contributed by atoms with Crippen molar-refractivity contribution >= 4 is 34.1 Å². The lowest BCUT2D eigenvalue weighted by Gasteiger charge is -2.07. The number of fused-ring (bicyclic) bond motifs is 1. The first-order chi connectivity index (χ1) is 9.58. The second kappa shape index (κ2) is 4.81. The van der Waals surface area contributed by atoms with Gasteiger partial charge in [0.05, 0.1) is 21.6 Å².